The number of benzene rings is 1. The summed E-state index contributed by atoms with van der Waals surface area (Å²) in [6.07, 6.45) is 4.14. The van der Waals surface area contributed by atoms with Gasteiger partial charge in [-0.05, 0) is 61.9 Å². The smallest absolute Gasteiger partial charge is 0.254 e. The summed E-state index contributed by atoms with van der Waals surface area (Å²) in [4.78, 5) is 26.7. The molecule has 4 nitrogen and oxygen atoms in total. The number of halogens is 1. The van der Waals surface area contributed by atoms with Crippen LogP contribution in [0.2, 0.25) is 5.02 Å². The van der Waals surface area contributed by atoms with Gasteiger partial charge in [-0.2, -0.15) is 0 Å². The Morgan fingerprint density at radius 3 is 2.68 bits per heavy atom. The number of thiophene rings is 1. The second-order valence-electron chi connectivity index (χ2n) is 6.39. The van der Waals surface area contributed by atoms with E-state index in [1.165, 1.54) is 16.2 Å². The number of anilines is 1. The van der Waals surface area contributed by atoms with Crippen molar-refractivity contribution in [2.75, 3.05) is 11.9 Å². The molecule has 25 heavy (non-hydrogen) atoms. The molecule has 1 aromatic carbocycles. The first kappa shape index (κ1) is 16.8. The zero-order valence-electron chi connectivity index (χ0n) is 13.6. The largest absolute Gasteiger partial charge is 0.368 e. The molecule has 2 heterocycles. The molecule has 1 aromatic heterocycles. The van der Waals surface area contributed by atoms with E-state index in [-0.39, 0.29) is 11.7 Å². The van der Waals surface area contributed by atoms with Crippen molar-refractivity contribution in [2.45, 2.75) is 38.2 Å². The number of nitrogens with one attached hydrogen (secondary N) is 1. The average Bonchev–Trinajstić information content (AvgIpc) is 3.32. The van der Waals surface area contributed by atoms with Crippen molar-refractivity contribution in [3.8, 4) is 0 Å². The Morgan fingerprint density at radius 1 is 1.16 bits per heavy atom. The first-order valence-corrected chi connectivity index (χ1v) is 9.70. The minimum Gasteiger partial charge on any atom is -0.368 e. The summed E-state index contributed by atoms with van der Waals surface area (Å²) < 4.78 is 5.46. The van der Waals surface area contributed by atoms with Crippen LogP contribution >= 0.6 is 22.9 Å². The molecule has 1 N–H and O–H groups in total. The van der Waals surface area contributed by atoms with Gasteiger partial charge in [-0.25, -0.2) is 0 Å². The third-order valence-electron chi connectivity index (χ3n) is 4.71. The number of hydrogen-bond donors (Lipinski definition) is 1. The molecule has 130 valence electrons. The van der Waals surface area contributed by atoms with E-state index in [4.69, 9.17) is 16.3 Å². The zero-order valence-corrected chi connectivity index (χ0v) is 15.2. The maximum Gasteiger partial charge on any atom is 0.254 e. The molecule has 1 atom stereocenters. The monoisotopic (exact) mass is 375 g/mol. The fraction of sp³-hybridized carbons (Fsp3) is 0.368. The Bertz CT molecular complexity index is 822. The molecule has 4 rings (SSSR count). The molecule has 1 fully saturated rings. The first-order chi connectivity index (χ1) is 12.1. The zero-order chi connectivity index (χ0) is 17.4. The number of carbonyl (C=O) groups is 2. The lowest BCUT2D eigenvalue weighted by Crippen LogP contribution is -2.27. The van der Waals surface area contributed by atoms with Crippen molar-refractivity contribution in [1.29, 1.82) is 0 Å². The van der Waals surface area contributed by atoms with Gasteiger partial charge in [0, 0.05) is 22.1 Å². The van der Waals surface area contributed by atoms with E-state index in [0.717, 1.165) is 37.7 Å². The van der Waals surface area contributed by atoms with Crippen LogP contribution in [0.5, 0.6) is 0 Å². The average molecular weight is 376 g/mol. The Kier molecular flexibility index (Phi) is 4.63. The van der Waals surface area contributed by atoms with Gasteiger partial charge in [-0.1, -0.05) is 11.6 Å². The minimum atomic E-state index is -0.407. The predicted octanol–water partition coefficient (Wildman–Crippen LogP) is 4.24. The topological polar surface area (TPSA) is 55.4 Å². The highest BCUT2D eigenvalue weighted by molar-refractivity contribution is 7.17. The van der Waals surface area contributed by atoms with Crippen LogP contribution in [0.1, 0.15) is 45.6 Å². The van der Waals surface area contributed by atoms with Gasteiger partial charge in [0.2, 0.25) is 0 Å². The van der Waals surface area contributed by atoms with Crippen molar-refractivity contribution in [2.24, 2.45) is 0 Å². The molecule has 0 radical (unpaired) electrons. The van der Waals surface area contributed by atoms with E-state index in [2.05, 4.69) is 5.32 Å². The van der Waals surface area contributed by atoms with Crippen LogP contribution in [-0.4, -0.2) is 24.4 Å². The number of fused-ring (bicyclic) bond motifs is 1. The summed E-state index contributed by atoms with van der Waals surface area (Å²) in [7, 11) is 0. The first-order valence-electron chi connectivity index (χ1n) is 8.51. The highest BCUT2D eigenvalue weighted by atomic mass is 35.5. The van der Waals surface area contributed by atoms with E-state index in [1.807, 2.05) is 0 Å². The molecule has 1 saturated heterocycles. The third kappa shape index (κ3) is 3.24. The Hall–Kier alpha value is -1.69. The van der Waals surface area contributed by atoms with Gasteiger partial charge in [-0.3, -0.25) is 9.59 Å². The van der Waals surface area contributed by atoms with Crippen LogP contribution in [0.25, 0.3) is 0 Å². The standard InChI is InChI=1S/C19H18ClNO3S/c20-12-8-6-11(7-9-12)17(22)16-13-3-1-5-15(13)25-19(16)21-18(23)14-4-2-10-24-14/h6-9,14H,1-5,10H2,(H,21,23)/t14-/m1/s1. The normalized spacial score (nSPS) is 19.0. The Balaban J connectivity index is 1.67. The van der Waals surface area contributed by atoms with E-state index >= 15 is 0 Å². The molecule has 2 aliphatic rings. The van der Waals surface area contributed by atoms with Gasteiger partial charge in [0.15, 0.2) is 5.78 Å². The molecule has 0 saturated carbocycles. The quantitative estimate of drug-likeness (QED) is 0.813. The van der Waals surface area contributed by atoms with Crippen molar-refractivity contribution in [3.05, 3.63) is 50.9 Å². The molecule has 0 unspecified atom stereocenters. The SMILES string of the molecule is O=C(c1ccc(Cl)cc1)c1c(NC(=O)[C@H]2CCCO2)sc2c1CCC2. The van der Waals surface area contributed by atoms with E-state index in [0.29, 0.717) is 27.8 Å². The van der Waals surface area contributed by atoms with Gasteiger partial charge in [-0.15, -0.1) is 11.3 Å². The van der Waals surface area contributed by atoms with Crippen LogP contribution in [-0.2, 0) is 22.4 Å². The van der Waals surface area contributed by atoms with Gasteiger partial charge in [0.1, 0.15) is 11.1 Å². The van der Waals surface area contributed by atoms with Crippen LogP contribution < -0.4 is 5.32 Å². The lowest BCUT2D eigenvalue weighted by Gasteiger charge is -2.11. The second-order valence-corrected chi connectivity index (χ2v) is 7.93. The molecule has 0 spiro atoms. The van der Waals surface area contributed by atoms with E-state index in [9.17, 15) is 9.59 Å². The fourth-order valence-corrected chi connectivity index (χ4v) is 4.87. The molecule has 1 amide bonds. The number of ether oxygens (including phenoxy) is 1. The van der Waals surface area contributed by atoms with Crippen LogP contribution in [0.15, 0.2) is 24.3 Å². The van der Waals surface area contributed by atoms with Crippen LogP contribution in [0.3, 0.4) is 0 Å². The van der Waals surface area contributed by atoms with Crippen LogP contribution in [0, 0.1) is 0 Å². The van der Waals surface area contributed by atoms with Gasteiger partial charge >= 0.3 is 0 Å². The molecule has 1 aliphatic carbocycles. The molecular formula is C19H18ClNO3S. The van der Waals surface area contributed by atoms with Crippen molar-refractivity contribution in [1.82, 2.24) is 0 Å². The molecule has 6 heteroatoms. The molecule has 0 bridgehead atoms. The summed E-state index contributed by atoms with van der Waals surface area (Å²) in [5.74, 6) is -0.207. The number of rotatable bonds is 4. The van der Waals surface area contributed by atoms with Crippen molar-refractivity contribution >= 4 is 39.6 Å². The Labute approximate surface area is 155 Å². The number of carbonyl (C=O) groups excluding carboxylic acids is 2. The summed E-state index contributed by atoms with van der Waals surface area (Å²) in [5.41, 5.74) is 2.32. The number of aryl methyl sites for hydroxylation is 1. The van der Waals surface area contributed by atoms with Crippen LogP contribution in [0.4, 0.5) is 5.00 Å². The third-order valence-corrected chi connectivity index (χ3v) is 6.17. The maximum atomic E-state index is 13.1. The summed E-state index contributed by atoms with van der Waals surface area (Å²) in [5, 5.41) is 4.21. The highest BCUT2D eigenvalue weighted by Crippen LogP contribution is 2.40. The number of ketones is 1. The number of hydrogen-bond acceptors (Lipinski definition) is 4. The van der Waals surface area contributed by atoms with Gasteiger partial charge in [0.25, 0.3) is 5.91 Å². The lowest BCUT2D eigenvalue weighted by molar-refractivity contribution is -0.124. The van der Waals surface area contributed by atoms with Gasteiger partial charge < -0.3 is 10.1 Å². The van der Waals surface area contributed by atoms with E-state index < -0.39 is 6.10 Å². The minimum absolute atomic E-state index is 0.0568. The summed E-state index contributed by atoms with van der Waals surface area (Å²) in [6.45, 7) is 0.621. The summed E-state index contributed by atoms with van der Waals surface area (Å²) >= 11 is 7.46. The second kappa shape index (κ2) is 6.90. The summed E-state index contributed by atoms with van der Waals surface area (Å²) in [6, 6.07) is 6.89. The fourth-order valence-electron chi connectivity index (χ4n) is 3.45. The van der Waals surface area contributed by atoms with E-state index in [1.54, 1.807) is 24.3 Å². The Morgan fingerprint density at radius 2 is 1.96 bits per heavy atom. The molecule has 1 aliphatic heterocycles. The predicted molar refractivity (Wildman–Crippen MR) is 98.8 cm³/mol. The molecular weight excluding hydrogens is 358 g/mol. The maximum absolute atomic E-state index is 13.1. The molecule has 2 aromatic rings. The lowest BCUT2D eigenvalue weighted by atomic mass is 10.0. The number of amides is 1. The van der Waals surface area contributed by atoms with Crippen molar-refractivity contribution in [3.63, 3.8) is 0 Å². The van der Waals surface area contributed by atoms with Crippen molar-refractivity contribution < 1.29 is 14.3 Å². The highest BCUT2D eigenvalue weighted by Gasteiger charge is 2.30. The van der Waals surface area contributed by atoms with Gasteiger partial charge in [0.05, 0.1) is 5.56 Å².